The molecule has 0 aromatic heterocycles. The SMILES string of the molecule is O=C(NCC(CF)N1CCN(c2cccc(Cl)c2Cl)CC1)Oc1ccc(-c2ccccc2)cc1. The number of amides is 1. The molecule has 0 saturated carbocycles. The van der Waals surface area contributed by atoms with Gasteiger partial charge in [0.15, 0.2) is 0 Å². The summed E-state index contributed by atoms with van der Waals surface area (Å²) in [4.78, 5) is 16.4. The van der Waals surface area contributed by atoms with Gasteiger partial charge in [0.25, 0.3) is 0 Å². The molecule has 1 heterocycles. The molecule has 5 nitrogen and oxygen atoms in total. The number of nitrogens with one attached hydrogen (secondary N) is 1. The highest BCUT2D eigenvalue weighted by Crippen LogP contribution is 2.33. The Morgan fingerprint density at radius 2 is 1.59 bits per heavy atom. The van der Waals surface area contributed by atoms with E-state index in [2.05, 4.69) is 10.2 Å². The van der Waals surface area contributed by atoms with E-state index in [1.807, 2.05) is 59.5 Å². The van der Waals surface area contributed by atoms with Crippen molar-refractivity contribution in [1.82, 2.24) is 10.2 Å². The molecule has 1 saturated heterocycles. The molecule has 3 aromatic carbocycles. The number of hydrogen-bond acceptors (Lipinski definition) is 4. The Labute approximate surface area is 209 Å². The summed E-state index contributed by atoms with van der Waals surface area (Å²) in [6.07, 6.45) is -0.602. The van der Waals surface area contributed by atoms with E-state index in [0.29, 0.717) is 42.0 Å². The van der Waals surface area contributed by atoms with Gasteiger partial charge in [-0.25, -0.2) is 9.18 Å². The van der Waals surface area contributed by atoms with Crippen LogP contribution in [0.5, 0.6) is 5.75 Å². The van der Waals surface area contributed by atoms with E-state index in [1.165, 1.54) is 0 Å². The fourth-order valence-corrected chi connectivity index (χ4v) is 4.45. The largest absolute Gasteiger partial charge is 0.412 e. The molecule has 178 valence electrons. The van der Waals surface area contributed by atoms with Crippen LogP contribution in [0.1, 0.15) is 0 Å². The van der Waals surface area contributed by atoms with Gasteiger partial charge in [-0.15, -0.1) is 0 Å². The van der Waals surface area contributed by atoms with Crippen LogP contribution in [0, 0.1) is 0 Å². The summed E-state index contributed by atoms with van der Waals surface area (Å²) < 4.78 is 19.1. The van der Waals surface area contributed by atoms with Crippen LogP contribution in [-0.4, -0.2) is 56.4 Å². The van der Waals surface area contributed by atoms with Crippen LogP contribution < -0.4 is 15.0 Å². The molecule has 1 unspecified atom stereocenters. The number of carbonyl (C=O) groups is 1. The lowest BCUT2D eigenvalue weighted by Gasteiger charge is -2.39. The minimum absolute atomic E-state index is 0.162. The number of piperazine rings is 1. The smallest absolute Gasteiger partial charge is 0.410 e. The molecule has 0 spiro atoms. The third-order valence-electron chi connectivity index (χ3n) is 5.93. The van der Waals surface area contributed by atoms with Crippen molar-refractivity contribution in [2.75, 3.05) is 44.3 Å². The zero-order valence-electron chi connectivity index (χ0n) is 18.6. The first-order valence-electron chi connectivity index (χ1n) is 11.2. The number of carbonyl (C=O) groups excluding carboxylic acids is 1. The molecular weight excluding hydrogens is 476 g/mol. The molecule has 0 radical (unpaired) electrons. The van der Waals surface area contributed by atoms with Crippen molar-refractivity contribution >= 4 is 35.0 Å². The van der Waals surface area contributed by atoms with Gasteiger partial charge in [0.05, 0.1) is 21.8 Å². The second-order valence-corrected chi connectivity index (χ2v) is 8.85. The molecular formula is C26H26Cl2FN3O2. The van der Waals surface area contributed by atoms with E-state index < -0.39 is 18.8 Å². The molecule has 0 aliphatic carbocycles. The summed E-state index contributed by atoms with van der Waals surface area (Å²) in [6.45, 7) is 2.27. The molecule has 1 aliphatic rings. The highest BCUT2D eigenvalue weighted by atomic mass is 35.5. The average molecular weight is 502 g/mol. The molecule has 34 heavy (non-hydrogen) atoms. The van der Waals surface area contributed by atoms with Crippen molar-refractivity contribution in [1.29, 1.82) is 0 Å². The van der Waals surface area contributed by atoms with Gasteiger partial charge in [-0.1, -0.05) is 71.7 Å². The fourth-order valence-electron chi connectivity index (χ4n) is 4.04. The molecule has 1 fully saturated rings. The van der Waals surface area contributed by atoms with Gasteiger partial charge >= 0.3 is 6.09 Å². The lowest BCUT2D eigenvalue weighted by atomic mass is 10.1. The number of rotatable bonds is 7. The number of halogens is 3. The van der Waals surface area contributed by atoms with Crippen molar-refractivity contribution in [2.24, 2.45) is 0 Å². The Hall–Kier alpha value is -2.80. The Balaban J connectivity index is 1.25. The van der Waals surface area contributed by atoms with Crippen LogP contribution in [0.25, 0.3) is 11.1 Å². The monoisotopic (exact) mass is 501 g/mol. The van der Waals surface area contributed by atoms with Gasteiger partial charge < -0.3 is 15.0 Å². The van der Waals surface area contributed by atoms with E-state index in [4.69, 9.17) is 27.9 Å². The number of ether oxygens (including phenoxy) is 1. The number of hydrogen-bond donors (Lipinski definition) is 1. The molecule has 0 bridgehead atoms. The van der Waals surface area contributed by atoms with Crippen LogP contribution in [0.4, 0.5) is 14.9 Å². The molecule has 8 heteroatoms. The Morgan fingerprint density at radius 3 is 2.26 bits per heavy atom. The van der Waals surface area contributed by atoms with Crippen LogP contribution in [0.15, 0.2) is 72.8 Å². The summed E-state index contributed by atoms with van der Waals surface area (Å²) in [5.74, 6) is 0.431. The maximum Gasteiger partial charge on any atom is 0.412 e. The first-order valence-corrected chi connectivity index (χ1v) is 11.9. The van der Waals surface area contributed by atoms with Crippen molar-refractivity contribution in [3.05, 3.63) is 82.8 Å². The average Bonchev–Trinajstić information content (AvgIpc) is 2.87. The summed E-state index contributed by atoms with van der Waals surface area (Å²) in [7, 11) is 0. The molecule has 1 atom stereocenters. The highest BCUT2D eigenvalue weighted by Gasteiger charge is 2.25. The number of benzene rings is 3. The van der Waals surface area contributed by atoms with E-state index in [-0.39, 0.29) is 6.54 Å². The van der Waals surface area contributed by atoms with Crippen molar-refractivity contribution < 1.29 is 13.9 Å². The highest BCUT2D eigenvalue weighted by molar-refractivity contribution is 6.43. The molecule has 1 N–H and O–H groups in total. The predicted molar refractivity (Wildman–Crippen MR) is 136 cm³/mol. The maximum absolute atomic E-state index is 13.8. The lowest BCUT2D eigenvalue weighted by Crippen LogP contribution is -2.54. The predicted octanol–water partition coefficient (Wildman–Crippen LogP) is 5.91. The zero-order chi connectivity index (χ0) is 23.9. The van der Waals surface area contributed by atoms with Crippen molar-refractivity contribution in [3.63, 3.8) is 0 Å². The number of alkyl halides is 1. The minimum atomic E-state index is -0.602. The number of anilines is 1. The standard InChI is InChI=1S/C26H26Cl2FN3O2/c27-23-7-4-8-24(25(23)28)32-15-13-31(14-16-32)21(17-29)18-30-26(33)34-22-11-9-20(10-12-22)19-5-2-1-3-6-19/h1-12,21H,13-18H2,(H,30,33). The third-order valence-corrected chi connectivity index (χ3v) is 6.74. The van der Waals surface area contributed by atoms with Gasteiger partial charge in [-0.2, -0.15) is 0 Å². The topological polar surface area (TPSA) is 44.8 Å². The van der Waals surface area contributed by atoms with E-state index in [0.717, 1.165) is 16.8 Å². The quantitative estimate of drug-likeness (QED) is 0.437. The van der Waals surface area contributed by atoms with Crippen LogP contribution in [0.2, 0.25) is 10.0 Å². The first kappa shape index (κ1) is 24.3. The first-order chi connectivity index (χ1) is 16.5. The summed E-state index contributed by atoms with van der Waals surface area (Å²) >= 11 is 12.5. The van der Waals surface area contributed by atoms with Gasteiger partial charge in [0.1, 0.15) is 12.4 Å². The van der Waals surface area contributed by atoms with Crippen LogP contribution in [0.3, 0.4) is 0 Å². The Morgan fingerprint density at radius 1 is 0.912 bits per heavy atom. The molecule has 4 rings (SSSR count). The Bertz CT molecular complexity index is 1090. The lowest BCUT2D eigenvalue weighted by molar-refractivity contribution is 0.148. The second kappa shape index (κ2) is 11.6. The molecule has 1 aliphatic heterocycles. The zero-order valence-corrected chi connectivity index (χ0v) is 20.1. The second-order valence-electron chi connectivity index (χ2n) is 8.06. The van der Waals surface area contributed by atoms with E-state index in [9.17, 15) is 9.18 Å². The van der Waals surface area contributed by atoms with E-state index in [1.54, 1.807) is 18.2 Å². The maximum atomic E-state index is 13.8. The summed E-state index contributed by atoms with van der Waals surface area (Å²) in [6, 6.07) is 22.4. The normalized spacial score (nSPS) is 15.1. The van der Waals surface area contributed by atoms with Gasteiger partial charge in [0.2, 0.25) is 0 Å². The van der Waals surface area contributed by atoms with Crippen LogP contribution >= 0.6 is 23.2 Å². The number of nitrogens with zero attached hydrogens (tertiary/aromatic N) is 2. The van der Waals surface area contributed by atoms with Crippen molar-refractivity contribution in [2.45, 2.75) is 6.04 Å². The van der Waals surface area contributed by atoms with Crippen molar-refractivity contribution in [3.8, 4) is 16.9 Å². The Kier molecular flexibility index (Phi) is 8.27. The van der Waals surface area contributed by atoms with Gasteiger partial charge in [0, 0.05) is 32.7 Å². The van der Waals surface area contributed by atoms with Gasteiger partial charge in [-0.3, -0.25) is 4.90 Å². The fraction of sp³-hybridized carbons (Fsp3) is 0.269. The summed E-state index contributed by atoms with van der Waals surface area (Å²) in [5, 5.41) is 3.73. The molecule has 3 aromatic rings. The van der Waals surface area contributed by atoms with E-state index >= 15 is 0 Å². The van der Waals surface area contributed by atoms with Gasteiger partial charge in [-0.05, 0) is 35.4 Å². The summed E-state index contributed by atoms with van der Waals surface area (Å²) in [5.41, 5.74) is 3.00. The minimum Gasteiger partial charge on any atom is -0.410 e. The van der Waals surface area contributed by atoms with Crippen LogP contribution in [-0.2, 0) is 0 Å². The third kappa shape index (κ3) is 6.00. The molecule has 1 amide bonds.